The third-order valence-corrected chi connectivity index (χ3v) is 4.58. The molecular formula is C24H19NO2. The normalized spacial score (nSPS) is 10.7. The molecule has 4 N–H and O–H groups in total. The highest BCUT2D eigenvalue weighted by molar-refractivity contribution is 5.95. The Balaban J connectivity index is 2.02. The molecule has 0 saturated heterocycles. The summed E-state index contributed by atoms with van der Waals surface area (Å²) in [6.07, 6.45) is 0. The summed E-state index contributed by atoms with van der Waals surface area (Å²) in [4.78, 5) is 0. The first kappa shape index (κ1) is 16.7. The number of phenolic OH excluding ortho intramolecular Hbond substituents is 2. The van der Waals surface area contributed by atoms with E-state index in [0.717, 1.165) is 33.4 Å². The molecular weight excluding hydrogens is 334 g/mol. The van der Waals surface area contributed by atoms with Crippen molar-refractivity contribution in [3.05, 3.63) is 91.0 Å². The lowest BCUT2D eigenvalue weighted by molar-refractivity contribution is 0.475. The van der Waals surface area contributed by atoms with Crippen molar-refractivity contribution in [3.8, 4) is 44.9 Å². The molecule has 3 heteroatoms. The largest absolute Gasteiger partial charge is 0.508 e. The summed E-state index contributed by atoms with van der Waals surface area (Å²) in [7, 11) is 0. The molecule has 0 aliphatic carbocycles. The summed E-state index contributed by atoms with van der Waals surface area (Å²) in [6.45, 7) is 0. The molecule has 132 valence electrons. The molecule has 0 spiro atoms. The third-order valence-electron chi connectivity index (χ3n) is 4.58. The van der Waals surface area contributed by atoms with Crippen LogP contribution in [-0.4, -0.2) is 10.2 Å². The summed E-state index contributed by atoms with van der Waals surface area (Å²) in [6, 6.07) is 28.2. The number of nitrogens with two attached hydrogens (primary N) is 1. The van der Waals surface area contributed by atoms with Crippen molar-refractivity contribution in [3.63, 3.8) is 0 Å². The van der Waals surface area contributed by atoms with Gasteiger partial charge in [0.15, 0.2) is 0 Å². The highest BCUT2D eigenvalue weighted by Crippen LogP contribution is 2.41. The molecule has 0 radical (unpaired) electrons. The maximum atomic E-state index is 10.0. The van der Waals surface area contributed by atoms with Gasteiger partial charge in [-0.3, -0.25) is 0 Å². The van der Waals surface area contributed by atoms with Crippen LogP contribution in [0.3, 0.4) is 0 Å². The Kier molecular flexibility index (Phi) is 4.27. The van der Waals surface area contributed by atoms with Crippen LogP contribution < -0.4 is 5.73 Å². The lowest BCUT2D eigenvalue weighted by atomic mass is 9.87. The molecule has 0 bridgehead atoms. The summed E-state index contributed by atoms with van der Waals surface area (Å²) >= 11 is 0. The quantitative estimate of drug-likeness (QED) is 0.415. The van der Waals surface area contributed by atoms with Crippen LogP contribution in [-0.2, 0) is 0 Å². The van der Waals surface area contributed by atoms with Crippen LogP contribution in [0.15, 0.2) is 91.0 Å². The Bertz CT molecular complexity index is 1100. The molecule has 4 aromatic carbocycles. The van der Waals surface area contributed by atoms with Crippen LogP contribution in [0.25, 0.3) is 33.4 Å². The smallest absolute Gasteiger partial charge is 0.116 e. The average Bonchev–Trinajstić information content (AvgIpc) is 2.68. The Labute approximate surface area is 158 Å². The number of hydrogen-bond donors (Lipinski definition) is 3. The second-order valence-corrected chi connectivity index (χ2v) is 6.45. The van der Waals surface area contributed by atoms with E-state index in [1.54, 1.807) is 24.3 Å². The number of phenols is 2. The van der Waals surface area contributed by atoms with Gasteiger partial charge >= 0.3 is 0 Å². The molecule has 0 heterocycles. The molecule has 0 aliphatic heterocycles. The van der Waals surface area contributed by atoms with Crippen LogP contribution in [0, 0.1) is 0 Å². The van der Waals surface area contributed by atoms with Gasteiger partial charge in [0, 0.05) is 5.69 Å². The number of anilines is 1. The summed E-state index contributed by atoms with van der Waals surface area (Å²) in [5.74, 6) is 0.425. The molecule has 0 atom stereocenters. The zero-order valence-electron chi connectivity index (χ0n) is 14.6. The number of aromatic hydroxyl groups is 2. The molecule has 0 fully saturated rings. The van der Waals surface area contributed by atoms with Crippen LogP contribution in [0.4, 0.5) is 5.69 Å². The van der Waals surface area contributed by atoms with Gasteiger partial charge in [-0.25, -0.2) is 0 Å². The minimum atomic E-state index is 0.210. The van der Waals surface area contributed by atoms with Gasteiger partial charge in [0.1, 0.15) is 11.5 Å². The highest BCUT2D eigenvalue weighted by Gasteiger charge is 2.14. The maximum Gasteiger partial charge on any atom is 0.116 e. The van der Waals surface area contributed by atoms with Gasteiger partial charge in [-0.2, -0.15) is 0 Å². The summed E-state index contributed by atoms with van der Waals surface area (Å²) in [5.41, 5.74) is 12.4. The van der Waals surface area contributed by atoms with Crippen molar-refractivity contribution in [2.24, 2.45) is 0 Å². The Morgan fingerprint density at radius 2 is 1.04 bits per heavy atom. The first-order chi connectivity index (χ1) is 13.1. The van der Waals surface area contributed by atoms with E-state index in [1.807, 2.05) is 60.7 Å². The zero-order chi connectivity index (χ0) is 18.8. The molecule has 27 heavy (non-hydrogen) atoms. The van der Waals surface area contributed by atoms with Crippen molar-refractivity contribution in [2.45, 2.75) is 0 Å². The van der Waals surface area contributed by atoms with Crippen molar-refractivity contribution in [2.75, 3.05) is 5.73 Å². The Hall–Kier alpha value is -3.72. The number of rotatable bonds is 3. The Morgan fingerprint density at radius 1 is 0.519 bits per heavy atom. The van der Waals surface area contributed by atoms with E-state index >= 15 is 0 Å². The fraction of sp³-hybridized carbons (Fsp3) is 0. The fourth-order valence-electron chi connectivity index (χ4n) is 3.34. The van der Waals surface area contributed by atoms with Gasteiger partial charge in [-0.05, 0) is 69.8 Å². The minimum Gasteiger partial charge on any atom is -0.508 e. The van der Waals surface area contributed by atoms with E-state index in [9.17, 15) is 10.2 Å². The predicted molar refractivity (Wildman–Crippen MR) is 110 cm³/mol. The summed E-state index contributed by atoms with van der Waals surface area (Å²) in [5, 5.41) is 20.0. The number of hydrogen-bond acceptors (Lipinski definition) is 3. The van der Waals surface area contributed by atoms with Gasteiger partial charge in [-0.15, -0.1) is 0 Å². The van der Waals surface area contributed by atoms with E-state index in [4.69, 9.17) is 5.73 Å². The van der Waals surface area contributed by atoms with Gasteiger partial charge in [-0.1, -0.05) is 54.6 Å². The average molecular weight is 353 g/mol. The molecule has 0 amide bonds. The van der Waals surface area contributed by atoms with Gasteiger partial charge in [0.05, 0.1) is 0 Å². The SMILES string of the molecule is Nc1ccc(-c2cccc(-c3cccc(O)c3)c2-c2cccc(O)c2)cc1. The van der Waals surface area contributed by atoms with Crippen molar-refractivity contribution >= 4 is 5.69 Å². The van der Waals surface area contributed by atoms with Crippen molar-refractivity contribution in [1.82, 2.24) is 0 Å². The molecule has 0 aromatic heterocycles. The molecule has 0 unspecified atom stereocenters. The van der Waals surface area contributed by atoms with E-state index in [0.29, 0.717) is 5.69 Å². The van der Waals surface area contributed by atoms with Crippen LogP contribution in [0.2, 0.25) is 0 Å². The third kappa shape index (κ3) is 3.35. The van der Waals surface area contributed by atoms with E-state index in [2.05, 4.69) is 6.07 Å². The minimum absolute atomic E-state index is 0.210. The number of benzene rings is 4. The van der Waals surface area contributed by atoms with Crippen molar-refractivity contribution in [1.29, 1.82) is 0 Å². The standard InChI is InChI=1S/C24H19NO2/c25-19-12-10-16(11-13-19)22-8-3-9-23(17-4-1-6-20(26)14-17)24(22)18-5-2-7-21(27)15-18/h1-15,26-27H,25H2. The van der Waals surface area contributed by atoms with Gasteiger partial charge < -0.3 is 15.9 Å². The van der Waals surface area contributed by atoms with Gasteiger partial charge in [0.25, 0.3) is 0 Å². The topological polar surface area (TPSA) is 66.5 Å². The van der Waals surface area contributed by atoms with Gasteiger partial charge in [0.2, 0.25) is 0 Å². The molecule has 3 nitrogen and oxygen atoms in total. The van der Waals surface area contributed by atoms with Crippen LogP contribution in [0.1, 0.15) is 0 Å². The van der Waals surface area contributed by atoms with E-state index in [1.165, 1.54) is 0 Å². The van der Waals surface area contributed by atoms with Crippen LogP contribution >= 0.6 is 0 Å². The molecule has 0 aliphatic rings. The first-order valence-corrected chi connectivity index (χ1v) is 8.69. The zero-order valence-corrected chi connectivity index (χ0v) is 14.6. The molecule has 4 rings (SSSR count). The predicted octanol–water partition coefficient (Wildman–Crippen LogP) is 5.68. The monoisotopic (exact) mass is 353 g/mol. The Morgan fingerprint density at radius 3 is 1.67 bits per heavy atom. The van der Waals surface area contributed by atoms with E-state index < -0.39 is 0 Å². The first-order valence-electron chi connectivity index (χ1n) is 8.69. The summed E-state index contributed by atoms with van der Waals surface area (Å²) < 4.78 is 0. The second kappa shape index (κ2) is 6.89. The molecule has 4 aromatic rings. The second-order valence-electron chi connectivity index (χ2n) is 6.45. The lowest BCUT2D eigenvalue weighted by Crippen LogP contribution is -1.91. The fourth-order valence-corrected chi connectivity index (χ4v) is 3.34. The van der Waals surface area contributed by atoms with Crippen molar-refractivity contribution < 1.29 is 10.2 Å². The lowest BCUT2D eigenvalue weighted by Gasteiger charge is -2.17. The maximum absolute atomic E-state index is 10.0. The number of nitrogen functional groups attached to an aromatic ring is 1. The van der Waals surface area contributed by atoms with E-state index in [-0.39, 0.29) is 11.5 Å². The highest BCUT2D eigenvalue weighted by atomic mass is 16.3. The molecule has 0 saturated carbocycles. The van der Waals surface area contributed by atoms with Crippen LogP contribution in [0.5, 0.6) is 11.5 Å².